The molecule has 1 saturated heterocycles. The Balaban J connectivity index is 1.64. The molecule has 1 aromatic rings. The summed E-state index contributed by atoms with van der Waals surface area (Å²) in [5.41, 5.74) is 7.82. The lowest BCUT2D eigenvalue weighted by molar-refractivity contribution is -0.148. The van der Waals surface area contributed by atoms with Crippen molar-refractivity contribution in [3.63, 3.8) is 0 Å². The van der Waals surface area contributed by atoms with Crippen LogP contribution in [0.3, 0.4) is 0 Å². The molecule has 1 heterocycles. The molecular weight excluding hydrogens is 380 g/mol. The number of likely N-dealkylation sites (tertiary alicyclic amines) is 1. The van der Waals surface area contributed by atoms with Crippen molar-refractivity contribution in [2.24, 2.45) is 11.7 Å². The molecule has 5 N–H and O–H groups in total. The van der Waals surface area contributed by atoms with Gasteiger partial charge in [0.25, 0.3) is 5.92 Å². The first kappa shape index (κ1) is 22.1. The smallest absolute Gasteiger partial charge is 0.323 e. The number of alkyl halides is 2. The van der Waals surface area contributed by atoms with Gasteiger partial charge in [-0.1, -0.05) is 24.3 Å². The third kappa shape index (κ3) is 4.45. The number of piperidine rings is 1. The maximum atomic E-state index is 15.2. The van der Waals surface area contributed by atoms with E-state index in [0.29, 0.717) is 70.1 Å². The highest BCUT2D eigenvalue weighted by Gasteiger charge is 2.50. The number of benzene rings is 1. The normalized spacial score (nSPS) is 24.6. The van der Waals surface area contributed by atoms with Crippen molar-refractivity contribution in [3.05, 3.63) is 35.4 Å². The summed E-state index contributed by atoms with van der Waals surface area (Å²) in [5.74, 6) is -4.20. The summed E-state index contributed by atoms with van der Waals surface area (Å²) in [6.45, 7) is 1.24. The highest BCUT2D eigenvalue weighted by Crippen LogP contribution is 2.44. The molecule has 0 radical (unpaired) electrons. The number of carboxylic acids is 1. The van der Waals surface area contributed by atoms with E-state index >= 15 is 8.78 Å². The van der Waals surface area contributed by atoms with Crippen molar-refractivity contribution in [1.82, 2.24) is 10.4 Å². The molecule has 29 heavy (non-hydrogen) atoms. The quantitative estimate of drug-likeness (QED) is 0.388. The van der Waals surface area contributed by atoms with Crippen LogP contribution in [0.25, 0.3) is 0 Å². The van der Waals surface area contributed by atoms with Crippen molar-refractivity contribution < 1.29 is 23.9 Å². The van der Waals surface area contributed by atoms with Crippen LogP contribution in [0.2, 0.25) is 0 Å². The maximum absolute atomic E-state index is 15.2. The van der Waals surface area contributed by atoms with Crippen LogP contribution < -0.4 is 11.2 Å². The molecule has 1 fully saturated rings. The fourth-order valence-electron chi connectivity index (χ4n) is 4.96. The molecule has 0 amide bonds. The van der Waals surface area contributed by atoms with Gasteiger partial charge in [-0.2, -0.15) is 8.78 Å². The molecule has 0 saturated carbocycles. The van der Waals surface area contributed by atoms with Crippen LogP contribution in [-0.4, -0.2) is 52.4 Å². The van der Waals surface area contributed by atoms with Gasteiger partial charge in [0.1, 0.15) is 5.54 Å². The van der Waals surface area contributed by atoms with E-state index in [4.69, 9.17) is 10.9 Å². The fraction of sp³-hybridized carbons (Fsp3) is 0.667. The monoisotopic (exact) mass is 411 g/mol. The Morgan fingerprint density at radius 3 is 2.59 bits per heavy atom. The summed E-state index contributed by atoms with van der Waals surface area (Å²) < 4.78 is 30.3. The van der Waals surface area contributed by atoms with E-state index in [9.17, 15) is 9.90 Å². The number of hydrogen-bond donors (Lipinski definition) is 4. The number of rotatable bonds is 8. The summed E-state index contributed by atoms with van der Waals surface area (Å²) in [4.78, 5) is 13.7. The number of carbonyl (C=O) groups is 1. The number of nitrogens with one attached hydrogen (secondary N) is 1. The molecule has 0 aromatic heterocycles. The van der Waals surface area contributed by atoms with E-state index in [2.05, 4.69) is 5.48 Å². The van der Waals surface area contributed by atoms with E-state index < -0.39 is 23.5 Å². The molecule has 3 rings (SSSR count). The minimum absolute atomic E-state index is 0.120. The summed E-state index contributed by atoms with van der Waals surface area (Å²) in [7, 11) is 0. The van der Waals surface area contributed by atoms with E-state index in [1.165, 1.54) is 6.07 Å². The lowest BCUT2D eigenvalue weighted by atomic mass is 9.74. The van der Waals surface area contributed by atoms with E-state index in [0.717, 1.165) is 0 Å². The summed E-state index contributed by atoms with van der Waals surface area (Å²) in [6.07, 6.45) is 3.52. The molecule has 6 nitrogen and oxygen atoms in total. The molecule has 1 aliphatic carbocycles. The average Bonchev–Trinajstić information content (AvgIpc) is 2.71. The third-order valence-electron chi connectivity index (χ3n) is 6.71. The van der Waals surface area contributed by atoms with Gasteiger partial charge in [-0.15, -0.1) is 0 Å². The maximum Gasteiger partial charge on any atom is 0.323 e. The second-order valence-corrected chi connectivity index (χ2v) is 8.36. The number of hydroxylamine groups is 1. The summed E-state index contributed by atoms with van der Waals surface area (Å²) >= 11 is 0. The number of unbranched alkanes of at least 4 members (excludes halogenated alkanes) is 1. The predicted octanol–water partition coefficient (Wildman–Crippen LogP) is 2.74. The topological polar surface area (TPSA) is 98.8 Å². The molecule has 1 aromatic carbocycles. The zero-order valence-corrected chi connectivity index (χ0v) is 16.6. The number of nitrogens with two attached hydrogens (primary N) is 1. The van der Waals surface area contributed by atoms with Gasteiger partial charge < -0.3 is 16.0 Å². The van der Waals surface area contributed by atoms with Crippen LogP contribution in [0.1, 0.15) is 49.7 Å². The lowest BCUT2D eigenvalue weighted by Crippen LogP contribution is -2.59. The van der Waals surface area contributed by atoms with Crippen LogP contribution in [-0.2, 0) is 17.1 Å². The predicted molar refractivity (Wildman–Crippen MR) is 105 cm³/mol. The van der Waals surface area contributed by atoms with Gasteiger partial charge in [-0.05, 0) is 69.5 Å². The number of fused-ring (bicyclic) bond motifs is 1. The van der Waals surface area contributed by atoms with E-state index in [1.807, 2.05) is 4.90 Å². The number of aliphatic carboxylic acids is 1. The molecular formula is C21H31F2N3O3. The van der Waals surface area contributed by atoms with Crippen molar-refractivity contribution in [2.75, 3.05) is 19.6 Å². The Morgan fingerprint density at radius 2 is 1.93 bits per heavy atom. The van der Waals surface area contributed by atoms with Gasteiger partial charge in [0, 0.05) is 12.1 Å². The van der Waals surface area contributed by atoms with E-state index in [1.54, 1.807) is 18.2 Å². The molecule has 162 valence electrons. The molecule has 0 bridgehead atoms. The van der Waals surface area contributed by atoms with Gasteiger partial charge >= 0.3 is 5.97 Å². The molecule has 2 aliphatic rings. The van der Waals surface area contributed by atoms with E-state index in [-0.39, 0.29) is 11.5 Å². The summed E-state index contributed by atoms with van der Waals surface area (Å²) in [6, 6.07) is 5.89. The number of halogens is 2. The Hall–Kier alpha value is -1.61. The standard InChI is InChI=1S/C21H31F2N3O3/c22-21(23)17-6-2-1-5-15(17)7-8-18(21)26-13-9-16(10-14-26)20(24,19(27)28)11-3-4-12-25-29/h1-2,5-6,16,18,25,29H,3-4,7-14,24H2,(H,27,28). The minimum atomic E-state index is -2.91. The van der Waals surface area contributed by atoms with Gasteiger partial charge in [0.15, 0.2) is 0 Å². The highest BCUT2D eigenvalue weighted by atomic mass is 19.3. The fourth-order valence-corrected chi connectivity index (χ4v) is 4.96. The number of nitrogens with zero attached hydrogens (tertiary/aromatic N) is 1. The molecule has 2 unspecified atom stereocenters. The largest absolute Gasteiger partial charge is 0.480 e. The lowest BCUT2D eigenvalue weighted by Gasteiger charge is -2.46. The van der Waals surface area contributed by atoms with Gasteiger partial charge in [-0.25, -0.2) is 5.48 Å². The zero-order valence-electron chi connectivity index (χ0n) is 16.6. The molecule has 0 spiro atoms. The third-order valence-corrected chi connectivity index (χ3v) is 6.71. The van der Waals surface area contributed by atoms with Crippen molar-refractivity contribution >= 4 is 5.97 Å². The number of carboxylic acid groups (broad SMARTS) is 1. The summed E-state index contributed by atoms with van der Waals surface area (Å²) in [5, 5.41) is 18.4. The van der Waals surface area contributed by atoms with Gasteiger partial charge in [-0.3, -0.25) is 9.69 Å². The van der Waals surface area contributed by atoms with Crippen LogP contribution in [0.5, 0.6) is 0 Å². The van der Waals surface area contributed by atoms with Crippen LogP contribution in [0.15, 0.2) is 24.3 Å². The van der Waals surface area contributed by atoms with Gasteiger partial charge in [0.2, 0.25) is 0 Å². The van der Waals surface area contributed by atoms with Gasteiger partial charge in [0.05, 0.1) is 6.04 Å². The first-order chi connectivity index (χ1) is 13.8. The van der Waals surface area contributed by atoms with Crippen molar-refractivity contribution in [2.45, 2.75) is 62.4 Å². The molecule has 1 aliphatic heterocycles. The number of aryl methyl sites for hydroxylation is 1. The zero-order chi connectivity index (χ0) is 21.1. The van der Waals surface area contributed by atoms with Crippen LogP contribution in [0, 0.1) is 5.92 Å². The Bertz CT molecular complexity index is 710. The van der Waals surface area contributed by atoms with Crippen LogP contribution in [0.4, 0.5) is 8.78 Å². The van der Waals surface area contributed by atoms with Crippen molar-refractivity contribution in [1.29, 1.82) is 0 Å². The van der Waals surface area contributed by atoms with Crippen LogP contribution >= 0.6 is 0 Å². The Labute approximate surface area is 170 Å². The highest BCUT2D eigenvalue weighted by molar-refractivity contribution is 5.79. The molecule has 2 atom stereocenters. The Kier molecular flexibility index (Phi) is 6.88. The second kappa shape index (κ2) is 9.04. The van der Waals surface area contributed by atoms with Crippen molar-refractivity contribution in [3.8, 4) is 0 Å². The molecule has 8 heteroatoms. The minimum Gasteiger partial charge on any atom is -0.480 e. The SMILES string of the molecule is NC(CCCCNO)(C(=O)O)C1CCN(C2CCc3ccccc3C2(F)F)CC1. The average molecular weight is 411 g/mol. The second-order valence-electron chi connectivity index (χ2n) is 8.36. The first-order valence-corrected chi connectivity index (χ1v) is 10.4. The first-order valence-electron chi connectivity index (χ1n) is 10.4. The number of hydrogen-bond acceptors (Lipinski definition) is 5. The Morgan fingerprint density at radius 1 is 1.24 bits per heavy atom.